The minimum atomic E-state index is 0.590. The smallest absolute Gasteiger partial charge is 0.193 e. The van der Waals surface area contributed by atoms with Crippen LogP contribution in [0.25, 0.3) is 0 Å². The molecule has 2 heterocycles. The molecule has 0 radical (unpaired) electrons. The fourth-order valence-corrected chi connectivity index (χ4v) is 4.53. The third kappa shape index (κ3) is 3.45. The molecule has 1 saturated carbocycles. The summed E-state index contributed by atoms with van der Waals surface area (Å²) >= 11 is 0. The third-order valence-corrected chi connectivity index (χ3v) is 6.02. The van der Waals surface area contributed by atoms with Gasteiger partial charge in [-0.2, -0.15) is 5.10 Å². The summed E-state index contributed by atoms with van der Waals surface area (Å²) in [7, 11) is 2.02. The summed E-state index contributed by atoms with van der Waals surface area (Å²) in [5, 5.41) is 8.02. The van der Waals surface area contributed by atoms with Crippen molar-refractivity contribution in [2.75, 3.05) is 26.2 Å². The van der Waals surface area contributed by atoms with E-state index >= 15 is 0 Å². The molecule has 5 heteroatoms. The van der Waals surface area contributed by atoms with E-state index in [0.29, 0.717) is 5.41 Å². The maximum absolute atomic E-state index is 4.93. The highest BCUT2D eigenvalue weighted by molar-refractivity contribution is 5.80. The van der Waals surface area contributed by atoms with Crippen LogP contribution in [0.15, 0.2) is 4.99 Å². The molecule has 1 aliphatic heterocycles. The van der Waals surface area contributed by atoms with Crippen molar-refractivity contribution in [3.63, 3.8) is 0 Å². The normalized spacial score (nSPS) is 20.3. The maximum Gasteiger partial charge on any atom is 0.193 e. The Balaban J connectivity index is 1.64. The molecule has 0 atom stereocenters. The minimum absolute atomic E-state index is 0.590. The van der Waals surface area contributed by atoms with Gasteiger partial charge in [0.2, 0.25) is 0 Å². The van der Waals surface area contributed by atoms with Crippen LogP contribution in [0.4, 0.5) is 0 Å². The van der Waals surface area contributed by atoms with Gasteiger partial charge in [0.05, 0.1) is 5.69 Å². The van der Waals surface area contributed by atoms with Gasteiger partial charge < -0.3 is 10.2 Å². The first-order chi connectivity index (χ1) is 11.5. The van der Waals surface area contributed by atoms with Crippen LogP contribution in [0, 0.1) is 19.3 Å². The summed E-state index contributed by atoms with van der Waals surface area (Å²) in [6.07, 6.45) is 7.98. The van der Waals surface area contributed by atoms with Crippen LogP contribution in [0.5, 0.6) is 0 Å². The van der Waals surface area contributed by atoms with Crippen molar-refractivity contribution >= 4 is 5.96 Å². The SMILES string of the molecule is CCNC(=NCCc1c(C)nn(C)c1C)N1CCC2(CCCC2)C1. The second kappa shape index (κ2) is 7.16. The van der Waals surface area contributed by atoms with Crippen LogP contribution < -0.4 is 5.32 Å². The van der Waals surface area contributed by atoms with Gasteiger partial charge in [-0.3, -0.25) is 9.67 Å². The number of nitrogens with one attached hydrogen (secondary N) is 1. The summed E-state index contributed by atoms with van der Waals surface area (Å²) in [5.74, 6) is 1.11. The van der Waals surface area contributed by atoms with Gasteiger partial charge in [0.25, 0.3) is 0 Å². The van der Waals surface area contributed by atoms with Crippen molar-refractivity contribution < 1.29 is 0 Å². The first-order valence-corrected chi connectivity index (χ1v) is 9.57. The van der Waals surface area contributed by atoms with Crippen molar-refractivity contribution in [2.24, 2.45) is 17.5 Å². The first kappa shape index (κ1) is 17.3. The molecule has 0 unspecified atom stereocenters. The van der Waals surface area contributed by atoms with Gasteiger partial charge in [-0.25, -0.2) is 0 Å². The Morgan fingerprint density at radius 1 is 1.25 bits per heavy atom. The first-order valence-electron chi connectivity index (χ1n) is 9.57. The van der Waals surface area contributed by atoms with E-state index < -0.39 is 0 Å². The number of aromatic nitrogens is 2. The number of hydrogen-bond acceptors (Lipinski definition) is 2. The van der Waals surface area contributed by atoms with E-state index in [4.69, 9.17) is 4.99 Å². The van der Waals surface area contributed by atoms with Crippen molar-refractivity contribution in [3.05, 3.63) is 17.0 Å². The molecule has 1 aromatic rings. The Kier molecular flexibility index (Phi) is 5.16. The lowest BCUT2D eigenvalue weighted by Gasteiger charge is -2.26. The largest absolute Gasteiger partial charge is 0.357 e. The van der Waals surface area contributed by atoms with E-state index in [0.717, 1.165) is 37.7 Å². The molecule has 134 valence electrons. The quantitative estimate of drug-likeness (QED) is 0.682. The predicted octanol–water partition coefficient (Wildman–Crippen LogP) is 2.81. The minimum Gasteiger partial charge on any atom is -0.357 e. The Labute approximate surface area is 146 Å². The third-order valence-electron chi connectivity index (χ3n) is 6.02. The molecule has 5 nitrogen and oxygen atoms in total. The molecule has 1 aromatic heterocycles. The fraction of sp³-hybridized carbons (Fsp3) is 0.789. The van der Waals surface area contributed by atoms with E-state index in [1.165, 1.54) is 49.9 Å². The van der Waals surface area contributed by atoms with Crippen molar-refractivity contribution in [2.45, 2.75) is 59.3 Å². The lowest BCUT2D eigenvalue weighted by molar-refractivity contribution is 0.309. The van der Waals surface area contributed by atoms with Crippen LogP contribution in [0.2, 0.25) is 0 Å². The molecule has 0 amide bonds. The molecule has 0 bridgehead atoms. The zero-order valence-corrected chi connectivity index (χ0v) is 15.9. The lowest BCUT2D eigenvalue weighted by atomic mass is 9.86. The Hall–Kier alpha value is -1.52. The monoisotopic (exact) mass is 331 g/mol. The zero-order valence-electron chi connectivity index (χ0n) is 15.9. The summed E-state index contributed by atoms with van der Waals surface area (Å²) < 4.78 is 1.98. The summed E-state index contributed by atoms with van der Waals surface area (Å²) in [6.45, 7) is 10.5. The Morgan fingerprint density at radius 2 is 2.00 bits per heavy atom. The van der Waals surface area contributed by atoms with Crippen LogP contribution in [-0.2, 0) is 13.5 Å². The molecule has 2 aliphatic rings. The molecule has 2 fully saturated rings. The number of nitrogens with zero attached hydrogens (tertiary/aromatic N) is 4. The topological polar surface area (TPSA) is 45.5 Å². The highest BCUT2D eigenvalue weighted by Crippen LogP contribution is 2.45. The molecule has 1 saturated heterocycles. The van der Waals surface area contributed by atoms with Crippen LogP contribution in [0.3, 0.4) is 0 Å². The Morgan fingerprint density at radius 3 is 2.62 bits per heavy atom. The number of hydrogen-bond donors (Lipinski definition) is 1. The highest BCUT2D eigenvalue weighted by atomic mass is 15.3. The zero-order chi connectivity index (χ0) is 17.2. The van der Waals surface area contributed by atoms with E-state index in [9.17, 15) is 0 Å². The van der Waals surface area contributed by atoms with E-state index in [1.54, 1.807) is 0 Å². The molecular weight excluding hydrogens is 298 g/mol. The summed E-state index contributed by atoms with van der Waals surface area (Å²) in [5.41, 5.74) is 4.35. The Bertz CT molecular complexity index is 595. The van der Waals surface area contributed by atoms with Crippen molar-refractivity contribution in [1.29, 1.82) is 0 Å². The molecule has 1 N–H and O–H groups in total. The van der Waals surface area contributed by atoms with Gasteiger partial charge >= 0.3 is 0 Å². The second-order valence-corrected chi connectivity index (χ2v) is 7.64. The van der Waals surface area contributed by atoms with Gasteiger partial charge in [-0.05, 0) is 57.4 Å². The number of guanidine groups is 1. The second-order valence-electron chi connectivity index (χ2n) is 7.64. The molecule has 24 heavy (non-hydrogen) atoms. The van der Waals surface area contributed by atoms with E-state index in [-0.39, 0.29) is 0 Å². The molecule has 0 aromatic carbocycles. The number of likely N-dealkylation sites (tertiary alicyclic amines) is 1. The van der Waals surface area contributed by atoms with E-state index in [1.807, 2.05) is 11.7 Å². The van der Waals surface area contributed by atoms with Gasteiger partial charge in [-0.15, -0.1) is 0 Å². The van der Waals surface area contributed by atoms with Gasteiger partial charge in [-0.1, -0.05) is 12.8 Å². The maximum atomic E-state index is 4.93. The van der Waals surface area contributed by atoms with Gasteiger partial charge in [0.1, 0.15) is 0 Å². The number of rotatable bonds is 4. The number of aryl methyl sites for hydroxylation is 2. The highest BCUT2D eigenvalue weighted by Gasteiger charge is 2.41. The average molecular weight is 332 g/mol. The van der Waals surface area contributed by atoms with E-state index in [2.05, 4.69) is 36.1 Å². The standard InChI is InChI=1S/C19H33N5/c1-5-20-18(24-13-11-19(14-24)9-6-7-10-19)21-12-8-17-15(2)22-23(4)16(17)3/h5-14H2,1-4H3,(H,20,21). The van der Waals surface area contributed by atoms with Crippen LogP contribution >= 0.6 is 0 Å². The van der Waals surface area contributed by atoms with Crippen molar-refractivity contribution in [1.82, 2.24) is 20.0 Å². The van der Waals surface area contributed by atoms with Gasteiger partial charge in [0, 0.05) is 38.9 Å². The molecule has 1 spiro atoms. The van der Waals surface area contributed by atoms with Gasteiger partial charge in [0.15, 0.2) is 5.96 Å². The molecule has 1 aliphatic carbocycles. The number of aliphatic imine (C=N–C) groups is 1. The molecular formula is C19H33N5. The average Bonchev–Trinajstić information content (AvgIpc) is 3.25. The van der Waals surface area contributed by atoms with Crippen molar-refractivity contribution in [3.8, 4) is 0 Å². The van der Waals surface area contributed by atoms with Crippen LogP contribution in [-0.4, -0.2) is 46.8 Å². The molecule has 3 rings (SSSR count). The van der Waals surface area contributed by atoms with Crippen LogP contribution in [0.1, 0.15) is 56.0 Å². The fourth-order valence-electron chi connectivity index (χ4n) is 4.53. The predicted molar refractivity (Wildman–Crippen MR) is 99.5 cm³/mol. The lowest BCUT2D eigenvalue weighted by Crippen LogP contribution is -2.41. The summed E-state index contributed by atoms with van der Waals surface area (Å²) in [4.78, 5) is 7.43. The summed E-state index contributed by atoms with van der Waals surface area (Å²) in [6, 6.07) is 0.